The van der Waals surface area contributed by atoms with Crippen LogP contribution in [0, 0.1) is 11.3 Å². The number of carbonyl (C=O) groups excluding carboxylic acids is 1. The lowest BCUT2D eigenvalue weighted by Crippen LogP contribution is -2.05. The van der Waals surface area contributed by atoms with Crippen LogP contribution < -0.4 is 0 Å². The summed E-state index contributed by atoms with van der Waals surface area (Å²) < 4.78 is 0. The molecule has 0 bridgehead atoms. The van der Waals surface area contributed by atoms with E-state index in [4.69, 9.17) is 5.26 Å². The molecule has 0 saturated heterocycles. The summed E-state index contributed by atoms with van der Waals surface area (Å²) in [7, 11) is 0. The standard InChI is InChI=1S/C13H13NO2/c1-2-6-12(15)11(9-14)13(16)10-7-4-3-5-8-10/h3-5,7-8,15H,2,6H2,1H3/b12-11-. The third kappa shape index (κ3) is 2.71. The molecule has 0 aliphatic carbocycles. The molecular weight excluding hydrogens is 202 g/mol. The van der Waals surface area contributed by atoms with E-state index in [0.717, 1.165) is 0 Å². The predicted octanol–water partition coefficient (Wildman–Crippen LogP) is 3.01. The molecule has 82 valence electrons. The van der Waals surface area contributed by atoms with Gasteiger partial charge >= 0.3 is 0 Å². The minimum atomic E-state index is -0.422. The number of hydrogen-bond donors (Lipinski definition) is 1. The van der Waals surface area contributed by atoms with Gasteiger partial charge < -0.3 is 5.11 Å². The Balaban J connectivity index is 3.05. The maximum atomic E-state index is 11.9. The summed E-state index contributed by atoms with van der Waals surface area (Å²) >= 11 is 0. The van der Waals surface area contributed by atoms with Crippen LogP contribution >= 0.6 is 0 Å². The van der Waals surface area contributed by atoms with E-state index < -0.39 is 5.78 Å². The van der Waals surface area contributed by atoms with Crippen LogP contribution in [0.1, 0.15) is 30.1 Å². The number of Topliss-reactive ketones (excluding diaryl/α,β-unsaturated/α-hetero) is 1. The van der Waals surface area contributed by atoms with Crippen molar-refractivity contribution < 1.29 is 9.90 Å². The molecule has 16 heavy (non-hydrogen) atoms. The van der Waals surface area contributed by atoms with Crippen molar-refractivity contribution in [1.29, 1.82) is 5.26 Å². The summed E-state index contributed by atoms with van der Waals surface area (Å²) in [6.07, 6.45) is 1.04. The zero-order valence-electron chi connectivity index (χ0n) is 9.10. The lowest BCUT2D eigenvalue weighted by molar-refractivity contribution is 0.103. The number of nitriles is 1. The zero-order chi connectivity index (χ0) is 12.0. The second kappa shape index (κ2) is 5.72. The summed E-state index contributed by atoms with van der Waals surface area (Å²) in [5.74, 6) is -0.548. The van der Waals surface area contributed by atoms with Gasteiger partial charge in [0.15, 0.2) is 0 Å². The van der Waals surface area contributed by atoms with E-state index in [1.165, 1.54) is 0 Å². The van der Waals surface area contributed by atoms with Crippen molar-refractivity contribution in [2.45, 2.75) is 19.8 Å². The molecule has 3 heteroatoms. The molecule has 3 nitrogen and oxygen atoms in total. The second-order valence-corrected chi connectivity index (χ2v) is 3.38. The van der Waals surface area contributed by atoms with Crippen LogP contribution in [0.15, 0.2) is 41.7 Å². The van der Waals surface area contributed by atoms with E-state index in [1.807, 2.05) is 6.92 Å². The number of allylic oxidation sites excluding steroid dienone is 2. The molecule has 1 rings (SSSR count). The topological polar surface area (TPSA) is 61.1 Å². The Morgan fingerprint density at radius 1 is 1.38 bits per heavy atom. The van der Waals surface area contributed by atoms with Crippen LogP contribution in [0.3, 0.4) is 0 Å². The van der Waals surface area contributed by atoms with Gasteiger partial charge in [0.1, 0.15) is 17.4 Å². The van der Waals surface area contributed by atoms with Crippen molar-refractivity contribution in [1.82, 2.24) is 0 Å². The van der Waals surface area contributed by atoms with Crippen LogP contribution in [0.2, 0.25) is 0 Å². The molecule has 1 aromatic rings. The predicted molar refractivity (Wildman–Crippen MR) is 60.9 cm³/mol. The Bertz CT molecular complexity index is 441. The van der Waals surface area contributed by atoms with Gasteiger partial charge in [-0.1, -0.05) is 37.3 Å². The minimum absolute atomic E-state index is 0.126. The molecule has 0 saturated carbocycles. The van der Waals surface area contributed by atoms with Crippen LogP contribution in [-0.4, -0.2) is 10.9 Å². The maximum absolute atomic E-state index is 11.9. The highest BCUT2D eigenvalue weighted by atomic mass is 16.3. The molecule has 1 N–H and O–H groups in total. The molecule has 0 aromatic heterocycles. The van der Waals surface area contributed by atoms with E-state index in [9.17, 15) is 9.90 Å². The Hall–Kier alpha value is -2.08. The van der Waals surface area contributed by atoms with E-state index >= 15 is 0 Å². The first-order valence-electron chi connectivity index (χ1n) is 5.12. The molecular formula is C13H13NO2. The molecule has 1 aromatic carbocycles. The number of ketones is 1. The van der Waals surface area contributed by atoms with Crippen molar-refractivity contribution in [3.05, 3.63) is 47.2 Å². The Morgan fingerprint density at radius 3 is 2.50 bits per heavy atom. The zero-order valence-corrected chi connectivity index (χ0v) is 9.10. The number of aliphatic hydroxyl groups excluding tert-OH is 1. The molecule has 0 fully saturated rings. The first kappa shape index (κ1) is 12.0. The van der Waals surface area contributed by atoms with Crippen molar-refractivity contribution >= 4 is 5.78 Å². The fourth-order valence-electron chi connectivity index (χ4n) is 1.34. The Labute approximate surface area is 94.6 Å². The lowest BCUT2D eigenvalue weighted by Gasteiger charge is -2.02. The van der Waals surface area contributed by atoms with Gasteiger partial charge in [-0.2, -0.15) is 5.26 Å². The normalized spacial score (nSPS) is 11.5. The van der Waals surface area contributed by atoms with Gasteiger partial charge in [0.2, 0.25) is 5.78 Å². The Morgan fingerprint density at radius 2 is 2.00 bits per heavy atom. The largest absolute Gasteiger partial charge is 0.511 e. The summed E-state index contributed by atoms with van der Waals surface area (Å²) in [5.41, 5.74) is 0.259. The van der Waals surface area contributed by atoms with Crippen molar-refractivity contribution in [2.75, 3.05) is 0 Å². The highest BCUT2D eigenvalue weighted by Gasteiger charge is 2.15. The summed E-state index contributed by atoms with van der Waals surface area (Å²) in [6, 6.07) is 10.2. The number of hydrogen-bond acceptors (Lipinski definition) is 3. The fraction of sp³-hybridized carbons (Fsp3) is 0.231. The van der Waals surface area contributed by atoms with Crippen LogP contribution in [0.25, 0.3) is 0 Å². The first-order valence-corrected chi connectivity index (χ1v) is 5.12. The summed E-state index contributed by atoms with van der Waals surface area (Å²) in [4.78, 5) is 11.9. The number of benzene rings is 1. The van der Waals surface area contributed by atoms with E-state index in [-0.39, 0.29) is 11.3 Å². The number of carbonyl (C=O) groups is 1. The van der Waals surface area contributed by atoms with Gasteiger partial charge in [-0.15, -0.1) is 0 Å². The van der Waals surface area contributed by atoms with Crippen LogP contribution in [0.4, 0.5) is 0 Å². The fourth-order valence-corrected chi connectivity index (χ4v) is 1.34. The SMILES string of the molecule is CCC/C(O)=C(\C#N)C(=O)c1ccccc1. The highest BCUT2D eigenvalue weighted by Crippen LogP contribution is 2.13. The van der Waals surface area contributed by atoms with Crippen molar-refractivity contribution in [2.24, 2.45) is 0 Å². The van der Waals surface area contributed by atoms with Gasteiger partial charge in [-0.05, 0) is 6.42 Å². The molecule has 0 radical (unpaired) electrons. The van der Waals surface area contributed by atoms with Gasteiger partial charge in [0.25, 0.3) is 0 Å². The number of aliphatic hydroxyl groups is 1. The molecule has 0 aliphatic heterocycles. The number of rotatable bonds is 4. The van der Waals surface area contributed by atoms with Gasteiger partial charge in [-0.3, -0.25) is 4.79 Å². The van der Waals surface area contributed by atoms with E-state index in [0.29, 0.717) is 18.4 Å². The third-order valence-electron chi connectivity index (χ3n) is 2.15. The number of nitrogens with zero attached hydrogens (tertiary/aromatic N) is 1. The van der Waals surface area contributed by atoms with Crippen molar-refractivity contribution in [3.8, 4) is 6.07 Å². The summed E-state index contributed by atoms with van der Waals surface area (Å²) in [6.45, 7) is 1.87. The Kier molecular flexibility index (Phi) is 4.28. The van der Waals surface area contributed by atoms with E-state index in [1.54, 1.807) is 36.4 Å². The minimum Gasteiger partial charge on any atom is -0.511 e. The molecule has 0 spiro atoms. The quantitative estimate of drug-likeness (QED) is 0.363. The molecule has 0 heterocycles. The monoisotopic (exact) mass is 215 g/mol. The van der Waals surface area contributed by atoms with Gasteiger partial charge in [0.05, 0.1) is 0 Å². The van der Waals surface area contributed by atoms with E-state index in [2.05, 4.69) is 0 Å². The highest BCUT2D eigenvalue weighted by molar-refractivity contribution is 6.11. The van der Waals surface area contributed by atoms with Gasteiger partial charge in [-0.25, -0.2) is 0 Å². The third-order valence-corrected chi connectivity index (χ3v) is 2.15. The average molecular weight is 215 g/mol. The maximum Gasteiger partial charge on any atom is 0.206 e. The van der Waals surface area contributed by atoms with Gasteiger partial charge in [0, 0.05) is 12.0 Å². The molecule has 0 aliphatic rings. The second-order valence-electron chi connectivity index (χ2n) is 3.38. The molecule has 0 unspecified atom stereocenters. The average Bonchev–Trinajstić information content (AvgIpc) is 2.31. The first-order chi connectivity index (χ1) is 7.70. The lowest BCUT2D eigenvalue weighted by atomic mass is 10.0. The molecule has 0 amide bonds. The molecule has 0 atom stereocenters. The van der Waals surface area contributed by atoms with Crippen molar-refractivity contribution in [3.63, 3.8) is 0 Å². The smallest absolute Gasteiger partial charge is 0.206 e. The van der Waals surface area contributed by atoms with Crippen LogP contribution in [0.5, 0.6) is 0 Å². The van der Waals surface area contributed by atoms with Crippen LogP contribution in [-0.2, 0) is 0 Å². The summed E-state index contributed by atoms with van der Waals surface area (Å²) in [5, 5.41) is 18.4.